The van der Waals surface area contributed by atoms with Crippen LogP contribution in [0.2, 0.25) is 0 Å². The molecule has 1 N–H and O–H groups in total. The quantitative estimate of drug-likeness (QED) is 0.619. The summed E-state index contributed by atoms with van der Waals surface area (Å²) in [6.07, 6.45) is 0. The molecule has 56 valence electrons. The molecule has 1 rings (SSSR count). The van der Waals surface area contributed by atoms with Crippen molar-refractivity contribution in [1.82, 2.24) is 4.57 Å². The molecule has 1 heterocycles. The lowest BCUT2D eigenvalue weighted by Crippen LogP contribution is -2.10. The topological polar surface area (TPSA) is 55.4 Å². The third-order valence-electron chi connectivity index (χ3n) is 1.15. The van der Waals surface area contributed by atoms with Crippen molar-refractivity contribution in [3.8, 4) is 5.88 Å². The van der Waals surface area contributed by atoms with Gasteiger partial charge in [0.25, 0.3) is 0 Å². The van der Waals surface area contributed by atoms with Gasteiger partial charge in [-0.3, -0.25) is 0 Å². The Labute approximate surface area is 61.6 Å². The average molecular weight is 164 g/mol. The summed E-state index contributed by atoms with van der Waals surface area (Å²) in [4.78, 5) is 10.6. The van der Waals surface area contributed by atoms with Gasteiger partial charge in [0.15, 0.2) is 5.76 Å². The normalized spacial score (nSPS) is 10.2. The van der Waals surface area contributed by atoms with Crippen LogP contribution in [0.4, 0.5) is 0 Å². The van der Waals surface area contributed by atoms with Gasteiger partial charge in [0.2, 0.25) is 5.88 Å². The van der Waals surface area contributed by atoms with Crippen LogP contribution >= 0.6 is 11.6 Å². The summed E-state index contributed by atoms with van der Waals surface area (Å²) >= 11 is 5.29. The molecule has 0 unspecified atom stereocenters. The molecule has 0 aliphatic rings. The van der Waals surface area contributed by atoms with Crippen molar-refractivity contribution >= 4 is 11.6 Å². The average Bonchev–Trinajstić information content (AvgIpc) is 2.09. The lowest BCUT2D eigenvalue weighted by Gasteiger charge is -1.91. The van der Waals surface area contributed by atoms with Crippen molar-refractivity contribution in [1.29, 1.82) is 0 Å². The van der Waals surface area contributed by atoms with Gasteiger partial charge >= 0.3 is 5.76 Å². The van der Waals surface area contributed by atoms with E-state index >= 15 is 0 Å². The molecule has 1 aromatic heterocycles. The number of halogens is 1. The zero-order chi connectivity index (χ0) is 7.72. The number of hydrogen-bond acceptors (Lipinski definition) is 3. The zero-order valence-corrected chi connectivity index (χ0v) is 6.05. The van der Waals surface area contributed by atoms with Gasteiger partial charge in [-0.25, -0.2) is 9.36 Å². The number of aryl methyl sites for hydroxylation is 1. The second kappa shape index (κ2) is 2.38. The molecule has 10 heavy (non-hydrogen) atoms. The highest BCUT2D eigenvalue weighted by Gasteiger charge is 2.09. The first-order valence-electron chi connectivity index (χ1n) is 2.62. The van der Waals surface area contributed by atoms with Crippen LogP contribution in [0.5, 0.6) is 5.88 Å². The van der Waals surface area contributed by atoms with E-state index in [1.54, 1.807) is 0 Å². The molecule has 5 heteroatoms. The molecule has 0 aliphatic heterocycles. The van der Waals surface area contributed by atoms with Gasteiger partial charge in [-0.1, -0.05) is 0 Å². The van der Waals surface area contributed by atoms with Crippen LogP contribution in [-0.2, 0) is 6.00 Å². The molecule has 0 saturated carbocycles. The molecule has 0 aliphatic carbocycles. The Morgan fingerprint density at radius 1 is 1.80 bits per heavy atom. The van der Waals surface area contributed by atoms with Crippen LogP contribution in [0.1, 0.15) is 5.76 Å². The van der Waals surface area contributed by atoms with Crippen molar-refractivity contribution in [3.05, 3.63) is 16.3 Å². The Morgan fingerprint density at radius 2 is 2.40 bits per heavy atom. The molecule has 0 aromatic carbocycles. The van der Waals surface area contributed by atoms with Crippen molar-refractivity contribution in [3.63, 3.8) is 0 Å². The van der Waals surface area contributed by atoms with Crippen LogP contribution in [0.15, 0.2) is 9.21 Å². The van der Waals surface area contributed by atoms with E-state index in [2.05, 4.69) is 4.42 Å². The van der Waals surface area contributed by atoms with E-state index in [1.807, 2.05) is 0 Å². The summed E-state index contributed by atoms with van der Waals surface area (Å²) < 4.78 is 5.44. The molecular formula is C5H6ClNO3. The van der Waals surface area contributed by atoms with E-state index in [0.717, 1.165) is 4.57 Å². The number of nitrogens with zero attached hydrogens (tertiary/aromatic N) is 1. The number of hydrogen-bond donors (Lipinski definition) is 1. The number of aromatic nitrogens is 1. The van der Waals surface area contributed by atoms with Gasteiger partial charge in [0, 0.05) is 0 Å². The fourth-order valence-corrected chi connectivity index (χ4v) is 0.824. The Bertz CT molecular complexity index is 288. The Morgan fingerprint density at radius 3 is 2.60 bits per heavy atom. The van der Waals surface area contributed by atoms with Gasteiger partial charge in [0.05, 0.1) is 0 Å². The first-order chi connectivity index (χ1) is 4.66. The predicted molar refractivity (Wildman–Crippen MR) is 35.2 cm³/mol. The molecule has 0 atom stereocenters. The van der Waals surface area contributed by atoms with E-state index in [1.165, 1.54) is 6.92 Å². The number of aromatic hydroxyl groups is 1. The van der Waals surface area contributed by atoms with Crippen LogP contribution in [-0.4, -0.2) is 9.67 Å². The van der Waals surface area contributed by atoms with Crippen LogP contribution in [0.25, 0.3) is 0 Å². The number of alkyl halides is 1. The van der Waals surface area contributed by atoms with Crippen molar-refractivity contribution in [2.24, 2.45) is 0 Å². The smallest absolute Gasteiger partial charge is 0.423 e. The third-order valence-corrected chi connectivity index (χ3v) is 1.39. The molecule has 4 nitrogen and oxygen atoms in total. The molecule has 0 radical (unpaired) electrons. The minimum absolute atomic E-state index is 0.0952. The maximum Gasteiger partial charge on any atom is 0.423 e. The highest BCUT2D eigenvalue weighted by Crippen LogP contribution is 2.12. The largest absolute Gasteiger partial charge is 0.492 e. The lowest BCUT2D eigenvalue weighted by molar-refractivity contribution is 0.421. The lowest BCUT2D eigenvalue weighted by atomic mass is 10.6. The standard InChI is InChI=1S/C5H6ClNO3/c1-3-4(8)7(2-6)5(9)10-3/h8H,2H2,1H3. The third kappa shape index (κ3) is 0.903. The summed E-state index contributed by atoms with van der Waals surface area (Å²) in [7, 11) is 0. The highest BCUT2D eigenvalue weighted by molar-refractivity contribution is 6.15. The van der Waals surface area contributed by atoms with E-state index < -0.39 is 5.76 Å². The van der Waals surface area contributed by atoms with Gasteiger partial charge in [-0.2, -0.15) is 0 Å². The van der Waals surface area contributed by atoms with Gasteiger partial charge in [-0.05, 0) is 6.92 Å². The summed E-state index contributed by atoms with van der Waals surface area (Å²) in [5.41, 5.74) is 0. The summed E-state index contributed by atoms with van der Waals surface area (Å²) in [5.74, 6) is -0.657. The van der Waals surface area contributed by atoms with E-state index in [0.29, 0.717) is 0 Å². The Balaban J connectivity index is 3.34. The SMILES string of the molecule is Cc1oc(=O)n(CCl)c1O. The van der Waals surface area contributed by atoms with Crippen LogP contribution in [0.3, 0.4) is 0 Å². The molecule has 0 bridgehead atoms. The Kier molecular flexibility index (Phi) is 1.72. The fraction of sp³-hybridized carbons (Fsp3) is 0.400. The second-order valence-electron chi connectivity index (χ2n) is 1.80. The predicted octanol–water partition coefficient (Wildman–Crippen LogP) is 0.652. The van der Waals surface area contributed by atoms with E-state index in [-0.39, 0.29) is 17.6 Å². The van der Waals surface area contributed by atoms with Crippen LogP contribution in [0, 0.1) is 6.92 Å². The maximum absolute atomic E-state index is 10.6. The second-order valence-corrected chi connectivity index (χ2v) is 2.03. The molecule has 0 fully saturated rings. The maximum atomic E-state index is 10.6. The fourth-order valence-electron chi connectivity index (χ4n) is 0.614. The van der Waals surface area contributed by atoms with Crippen molar-refractivity contribution < 1.29 is 9.52 Å². The van der Waals surface area contributed by atoms with Gasteiger partial charge in [-0.15, -0.1) is 11.6 Å². The van der Waals surface area contributed by atoms with Crippen molar-refractivity contribution in [2.75, 3.05) is 0 Å². The molecule has 1 aromatic rings. The first kappa shape index (κ1) is 7.21. The summed E-state index contributed by atoms with van der Waals surface area (Å²) in [5, 5.41) is 9.00. The minimum Gasteiger partial charge on any atom is -0.492 e. The first-order valence-corrected chi connectivity index (χ1v) is 3.15. The van der Waals surface area contributed by atoms with Crippen molar-refractivity contribution in [2.45, 2.75) is 12.9 Å². The van der Waals surface area contributed by atoms with Crippen LogP contribution < -0.4 is 5.76 Å². The number of oxazole rings is 1. The van der Waals surface area contributed by atoms with Gasteiger partial charge in [0.1, 0.15) is 6.00 Å². The monoisotopic (exact) mass is 163 g/mol. The van der Waals surface area contributed by atoms with E-state index in [4.69, 9.17) is 16.7 Å². The molecular weight excluding hydrogens is 158 g/mol. The van der Waals surface area contributed by atoms with E-state index in [9.17, 15) is 4.79 Å². The highest BCUT2D eigenvalue weighted by atomic mass is 35.5. The van der Waals surface area contributed by atoms with Gasteiger partial charge < -0.3 is 9.52 Å². The molecule has 0 spiro atoms. The Hall–Kier alpha value is -0.900. The zero-order valence-electron chi connectivity index (χ0n) is 5.30. The summed E-state index contributed by atoms with van der Waals surface area (Å²) in [6.45, 7) is 1.49. The molecule has 0 saturated heterocycles. The minimum atomic E-state index is -0.634. The molecule has 0 amide bonds. The summed E-state index contributed by atoms with van der Waals surface area (Å²) in [6, 6.07) is -0.0952. The number of rotatable bonds is 1.